The number of rotatable bonds is 4. The fourth-order valence-electron chi connectivity index (χ4n) is 2.08. The van der Waals surface area contributed by atoms with E-state index in [9.17, 15) is 0 Å². The SMILES string of the molecule is CCC1CCCCN1CCCCl. The highest BCUT2D eigenvalue weighted by Gasteiger charge is 2.19. The van der Waals surface area contributed by atoms with Gasteiger partial charge in [-0.15, -0.1) is 11.6 Å². The third kappa shape index (κ3) is 2.95. The molecule has 0 N–H and O–H groups in total. The number of alkyl halides is 1. The molecule has 0 aromatic heterocycles. The lowest BCUT2D eigenvalue weighted by atomic mass is 10.00. The lowest BCUT2D eigenvalue weighted by Crippen LogP contribution is -2.39. The van der Waals surface area contributed by atoms with E-state index >= 15 is 0 Å². The topological polar surface area (TPSA) is 3.24 Å². The Labute approximate surface area is 81.1 Å². The highest BCUT2D eigenvalue weighted by atomic mass is 35.5. The third-order valence-electron chi connectivity index (χ3n) is 2.80. The predicted molar refractivity (Wildman–Crippen MR) is 54.8 cm³/mol. The van der Waals surface area contributed by atoms with E-state index in [4.69, 9.17) is 11.6 Å². The molecule has 0 amide bonds. The van der Waals surface area contributed by atoms with Crippen molar-refractivity contribution in [2.24, 2.45) is 0 Å². The van der Waals surface area contributed by atoms with Gasteiger partial charge in [0.15, 0.2) is 0 Å². The number of halogens is 1. The Hall–Kier alpha value is 0.250. The predicted octanol–water partition coefficient (Wildman–Crippen LogP) is 2.88. The molecule has 2 heteroatoms. The molecule has 0 spiro atoms. The summed E-state index contributed by atoms with van der Waals surface area (Å²) in [4.78, 5) is 2.62. The van der Waals surface area contributed by atoms with E-state index in [1.807, 2.05) is 0 Å². The first kappa shape index (κ1) is 10.3. The molecule has 12 heavy (non-hydrogen) atoms. The molecule has 0 saturated carbocycles. The molecule has 1 unspecified atom stereocenters. The Balaban J connectivity index is 2.26. The minimum absolute atomic E-state index is 0.812. The van der Waals surface area contributed by atoms with Crippen molar-refractivity contribution >= 4 is 11.6 Å². The van der Waals surface area contributed by atoms with Crippen LogP contribution in [0.4, 0.5) is 0 Å². The van der Waals surface area contributed by atoms with Crippen molar-refractivity contribution in [3.8, 4) is 0 Å². The van der Waals surface area contributed by atoms with Crippen LogP contribution in [0, 0.1) is 0 Å². The quantitative estimate of drug-likeness (QED) is 0.615. The highest BCUT2D eigenvalue weighted by molar-refractivity contribution is 6.17. The first-order valence-corrected chi connectivity index (χ1v) is 5.72. The van der Waals surface area contributed by atoms with E-state index in [0.717, 1.165) is 18.3 Å². The van der Waals surface area contributed by atoms with Gasteiger partial charge in [0.05, 0.1) is 0 Å². The summed E-state index contributed by atoms with van der Waals surface area (Å²) < 4.78 is 0. The van der Waals surface area contributed by atoms with E-state index in [2.05, 4.69) is 11.8 Å². The molecule has 0 aromatic carbocycles. The van der Waals surface area contributed by atoms with E-state index in [1.165, 1.54) is 38.8 Å². The van der Waals surface area contributed by atoms with Crippen molar-refractivity contribution in [2.45, 2.75) is 45.1 Å². The Morgan fingerprint density at radius 2 is 2.25 bits per heavy atom. The van der Waals surface area contributed by atoms with Crippen molar-refractivity contribution < 1.29 is 0 Å². The zero-order chi connectivity index (χ0) is 8.81. The Morgan fingerprint density at radius 1 is 1.42 bits per heavy atom. The average molecular weight is 190 g/mol. The molecule has 0 aromatic rings. The molecule has 1 atom stereocenters. The van der Waals surface area contributed by atoms with Gasteiger partial charge in [0.2, 0.25) is 0 Å². The van der Waals surface area contributed by atoms with Crippen LogP contribution in [0.5, 0.6) is 0 Å². The van der Waals surface area contributed by atoms with Gasteiger partial charge < -0.3 is 4.90 Å². The van der Waals surface area contributed by atoms with Gasteiger partial charge in [-0.3, -0.25) is 0 Å². The van der Waals surface area contributed by atoms with E-state index < -0.39 is 0 Å². The largest absolute Gasteiger partial charge is 0.300 e. The van der Waals surface area contributed by atoms with Crippen LogP contribution in [0.15, 0.2) is 0 Å². The van der Waals surface area contributed by atoms with E-state index in [0.29, 0.717) is 0 Å². The standard InChI is InChI=1S/C10H20ClN/c1-2-10-6-3-4-8-12(10)9-5-7-11/h10H,2-9H2,1H3. The maximum atomic E-state index is 5.68. The first-order valence-electron chi connectivity index (χ1n) is 5.18. The molecule has 0 aliphatic carbocycles. The van der Waals surface area contributed by atoms with Gasteiger partial charge in [-0.2, -0.15) is 0 Å². The van der Waals surface area contributed by atoms with Crippen LogP contribution in [0.1, 0.15) is 39.0 Å². The summed E-state index contributed by atoms with van der Waals surface area (Å²) in [5.41, 5.74) is 0. The van der Waals surface area contributed by atoms with Gasteiger partial charge >= 0.3 is 0 Å². The van der Waals surface area contributed by atoms with Crippen molar-refractivity contribution in [3.63, 3.8) is 0 Å². The summed E-state index contributed by atoms with van der Waals surface area (Å²) in [7, 11) is 0. The second kappa shape index (κ2) is 5.82. The fraction of sp³-hybridized carbons (Fsp3) is 1.00. The van der Waals surface area contributed by atoms with Crippen molar-refractivity contribution in [3.05, 3.63) is 0 Å². The smallest absolute Gasteiger partial charge is 0.0235 e. The molecule has 1 fully saturated rings. The monoisotopic (exact) mass is 189 g/mol. The molecule has 1 heterocycles. The molecule has 1 rings (SSSR count). The van der Waals surface area contributed by atoms with E-state index in [-0.39, 0.29) is 0 Å². The third-order valence-corrected chi connectivity index (χ3v) is 3.07. The van der Waals surface area contributed by atoms with Crippen molar-refractivity contribution in [1.82, 2.24) is 4.90 Å². The van der Waals surface area contributed by atoms with Gasteiger partial charge in [0, 0.05) is 11.9 Å². The summed E-state index contributed by atoms with van der Waals surface area (Å²) >= 11 is 5.68. The molecule has 1 saturated heterocycles. The van der Waals surface area contributed by atoms with Crippen LogP contribution in [-0.4, -0.2) is 29.9 Å². The first-order chi connectivity index (χ1) is 5.88. The molecule has 1 aliphatic heterocycles. The molecule has 0 bridgehead atoms. The van der Waals surface area contributed by atoms with Crippen molar-refractivity contribution in [2.75, 3.05) is 19.0 Å². The maximum Gasteiger partial charge on any atom is 0.0235 e. The molecule has 0 radical (unpaired) electrons. The lowest BCUT2D eigenvalue weighted by Gasteiger charge is -2.35. The summed E-state index contributed by atoms with van der Waals surface area (Å²) in [6.45, 7) is 4.81. The fourth-order valence-corrected chi connectivity index (χ4v) is 2.20. The van der Waals surface area contributed by atoms with Crippen LogP contribution >= 0.6 is 11.6 Å². The maximum absolute atomic E-state index is 5.68. The molecular formula is C10H20ClN. The van der Waals surface area contributed by atoms with Gasteiger partial charge in [0.25, 0.3) is 0 Å². The highest BCUT2D eigenvalue weighted by Crippen LogP contribution is 2.19. The van der Waals surface area contributed by atoms with Crippen LogP contribution in [0.3, 0.4) is 0 Å². The molecule has 1 aliphatic rings. The lowest BCUT2D eigenvalue weighted by molar-refractivity contribution is 0.145. The number of hydrogen-bond donors (Lipinski definition) is 0. The number of nitrogens with zero attached hydrogens (tertiary/aromatic N) is 1. The van der Waals surface area contributed by atoms with E-state index in [1.54, 1.807) is 0 Å². The second-order valence-corrected chi connectivity index (χ2v) is 4.01. The second-order valence-electron chi connectivity index (χ2n) is 3.64. The van der Waals surface area contributed by atoms with Gasteiger partial charge in [-0.25, -0.2) is 0 Å². The average Bonchev–Trinajstić information content (AvgIpc) is 2.15. The van der Waals surface area contributed by atoms with Crippen LogP contribution in [0.25, 0.3) is 0 Å². The zero-order valence-electron chi connectivity index (χ0n) is 8.06. The summed E-state index contributed by atoms with van der Waals surface area (Å²) in [5.74, 6) is 0.812. The molecule has 1 nitrogen and oxygen atoms in total. The van der Waals surface area contributed by atoms with Crippen LogP contribution in [-0.2, 0) is 0 Å². The summed E-state index contributed by atoms with van der Waals surface area (Å²) in [6.07, 6.45) is 6.67. The minimum atomic E-state index is 0.812. The van der Waals surface area contributed by atoms with Gasteiger partial charge in [-0.1, -0.05) is 13.3 Å². The van der Waals surface area contributed by atoms with Gasteiger partial charge in [0.1, 0.15) is 0 Å². The zero-order valence-corrected chi connectivity index (χ0v) is 8.82. The number of likely N-dealkylation sites (tertiary alicyclic amines) is 1. The minimum Gasteiger partial charge on any atom is -0.300 e. The summed E-state index contributed by atoms with van der Waals surface area (Å²) in [5, 5.41) is 0. The van der Waals surface area contributed by atoms with Crippen molar-refractivity contribution in [1.29, 1.82) is 0 Å². The Morgan fingerprint density at radius 3 is 2.92 bits per heavy atom. The Bertz CT molecular complexity index is 116. The molecule has 72 valence electrons. The normalized spacial score (nSPS) is 26.0. The van der Waals surface area contributed by atoms with Gasteiger partial charge in [-0.05, 0) is 38.8 Å². The number of hydrogen-bond acceptors (Lipinski definition) is 1. The Kier molecular flexibility index (Phi) is 5.01. The summed E-state index contributed by atoms with van der Waals surface area (Å²) in [6, 6.07) is 0.849. The van der Waals surface area contributed by atoms with Crippen LogP contribution < -0.4 is 0 Å². The molecular weight excluding hydrogens is 170 g/mol. The number of piperidine rings is 1. The van der Waals surface area contributed by atoms with Crippen LogP contribution in [0.2, 0.25) is 0 Å².